The van der Waals surface area contributed by atoms with Crippen LogP contribution in [0.3, 0.4) is 0 Å². The van der Waals surface area contributed by atoms with E-state index in [-0.39, 0.29) is 17.5 Å². The van der Waals surface area contributed by atoms with Crippen molar-refractivity contribution in [1.29, 1.82) is 0 Å². The highest BCUT2D eigenvalue weighted by Crippen LogP contribution is 2.66. The van der Waals surface area contributed by atoms with Gasteiger partial charge in [-0.2, -0.15) is 0 Å². The number of fused-ring (bicyclic) bond motifs is 2. The summed E-state index contributed by atoms with van der Waals surface area (Å²) in [4.78, 5) is 12.0. The second-order valence-electron chi connectivity index (χ2n) is 7.80. The lowest BCUT2D eigenvalue weighted by Gasteiger charge is -2.38. The summed E-state index contributed by atoms with van der Waals surface area (Å²) in [6.07, 6.45) is 5.12. The molecule has 3 unspecified atom stereocenters. The minimum Gasteiger partial charge on any atom is -0.462 e. The SMILES string of the molecule is CC(C)NCCCC(=O)OC1CC2CCC1(C)C2(C)C. The molecule has 2 bridgehead atoms. The van der Waals surface area contributed by atoms with Crippen LogP contribution in [0.5, 0.6) is 0 Å². The van der Waals surface area contributed by atoms with E-state index >= 15 is 0 Å². The predicted molar refractivity (Wildman–Crippen MR) is 81.5 cm³/mol. The van der Waals surface area contributed by atoms with E-state index in [1.807, 2.05) is 0 Å². The number of ether oxygens (including phenoxy) is 1. The summed E-state index contributed by atoms with van der Waals surface area (Å²) in [6, 6.07) is 0.483. The highest BCUT2D eigenvalue weighted by molar-refractivity contribution is 5.69. The normalized spacial score (nSPS) is 34.7. The molecule has 3 atom stereocenters. The molecule has 0 saturated heterocycles. The molecule has 116 valence electrons. The fraction of sp³-hybridized carbons (Fsp3) is 0.941. The van der Waals surface area contributed by atoms with Gasteiger partial charge in [0, 0.05) is 17.9 Å². The maximum absolute atomic E-state index is 12.0. The zero-order valence-corrected chi connectivity index (χ0v) is 13.8. The van der Waals surface area contributed by atoms with Gasteiger partial charge in [0.15, 0.2) is 0 Å². The van der Waals surface area contributed by atoms with E-state index < -0.39 is 0 Å². The Bertz CT molecular complexity index is 364. The van der Waals surface area contributed by atoms with Crippen LogP contribution in [0.15, 0.2) is 0 Å². The average Bonchev–Trinajstić information content (AvgIpc) is 2.67. The van der Waals surface area contributed by atoms with Crippen molar-refractivity contribution in [3.05, 3.63) is 0 Å². The molecule has 2 saturated carbocycles. The number of rotatable bonds is 6. The molecule has 2 aliphatic rings. The molecule has 0 aromatic rings. The van der Waals surface area contributed by atoms with Crippen LogP contribution in [0.2, 0.25) is 0 Å². The zero-order chi connectivity index (χ0) is 15.0. The Labute approximate surface area is 123 Å². The lowest BCUT2D eigenvalue weighted by molar-refractivity contribution is -0.157. The Morgan fingerprint density at radius 2 is 2.05 bits per heavy atom. The van der Waals surface area contributed by atoms with Gasteiger partial charge in [-0.1, -0.05) is 34.6 Å². The summed E-state index contributed by atoms with van der Waals surface area (Å²) in [7, 11) is 0. The lowest BCUT2D eigenvalue weighted by atomic mass is 9.70. The molecule has 0 aromatic heterocycles. The first-order chi connectivity index (χ1) is 9.27. The van der Waals surface area contributed by atoms with Crippen molar-refractivity contribution in [3.8, 4) is 0 Å². The molecule has 0 heterocycles. The Morgan fingerprint density at radius 3 is 2.55 bits per heavy atom. The van der Waals surface area contributed by atoms with Gasteiger partial charge >= 0.3 is 5.97 Å². The van der Waals surface area contributed by atoms with E-state index in [1.165, 1.54) is 12.8 Å². The van der Waals surface area contributed by atoms with Crippen molar-refractivity contribution in [1.82, 2.24) is 5.32 Å². The number of hydrogen-bond acceptors (Lipinski definition) is 3. The molecule has 3 heteroatoms. The van der Waals surface area contributed by atoms with Crippen LogP contribution in [0.4, 0.5) is 0 Å². The maximum Gasteiger partial charge on any atom is 0.306 e. The summed E-state index contributed by atoms with van der Waals surface area (Å²) in [6.45, 7) is 12.2. The van der Waals surface area contributed by atoms with Gasteiger partial charge in [0.05, 0.1) is 0 Å². The third-order valence-electron chi connectivity index (χ3n) is 6.10. The molecule has 20 heavy (non-hydrogen) atoms. The molecule has 0 radical (unpaired) electrons. The fourth-order valence-electron chi connectivity index (χ4n) is 4.15. The molecule has 3 nitrogen and oxygen atoms in total. The van der Waals surface area contributed by atoms with E-state index in [4.69, 9.17) is 4.74 Å². The summed E-state index contributed by atoms with van der Waals surface area (Å²) < 4.78 is 5.82. The van der Waals surface area contributed by atoms with E-state index in [0.717, 1.165) is 25.3 Å². The van der Waals surface area contributed by atoms with Crippen LogP contribution in [0, 0.1) is 16.7 Å². The van der Waals surface area contributed by atoms with E-state index in [0.29, 0.717) is 17.9 Å². The van der Waals surface area contributed by atoms with Gasteiger partial charge in [-0.3, -0.25) is 4.79 Å². The second kappa shape index (κ2) is 5.67. The minimum atomic E-state index is -0.00914. The topological polar surface area (TPSA) is 38.3 Å². The van der Waals surface area contributed by atoms with Crippen molar-refractivity contribution in [2.75, 3.05) is 6.54 Å². The summed E-state index contributed by atoms with van der Waals surface area (Å²) in [5.41, 5.74) is 0.501. The molecular formula is C17H31NO2. The van der Waals surface area contributed by atoms with Gasteiger partial charge in [0.2, 0.25) is 0 Å². The molecule has 0 spiro atoms. The number of hydrogen-bond donors (Lipinski definition) is 1. The van der Waals surface area contributed by atoms with Crippen molar-refractivity contribution in [2.24, 2.45) is 16.7 Å². The maximum atomic E-state index is 12.0. The summed E-state index contributed by atoms with van der Waals surface area (Å²) in [5.74, 6) is 0.720. The Hall–Kier alpha value is -0.570. The number of nitrogens with one attached hydrogen (secondary N) is 1. The molecule has 0 aliphatic heterocycles. The van der Waals surface area contributed by atoms with Gasteiger partial charge in [-0.15, -0.1) is 0 Å². The average molecular weight is 281 g/mol. The van der Waals surface area contributed by atoms with Crippen molar-refractivity contribution < 1.29 is 9.53 Å². The molecule has 1 N–H and O–H groups in total. The van der Waals surface area contributed by atoms with Crippen molar-refractivity contribution in [3.63, 3.8) is 0 Å². The minimum absolute atomic E-state index is 0.00914. The second-order valence-corrected chi connectivity index (χ2v) is 7.80. The van der Waals surface area contributed by atoms with Crippen LogP contribution in [0.25, 0.3) is 0 Å². The van der Waals surface area contributed by atoms with Crippen molar-refractivity contribution in [2.45, 2.75) is 78.9 Å². The van der Waals surface area contributed by atoms with Crippen LogP contribution in [-0.4, -0.2) is 24.7 Å². The first kappa shape index (κ1) is 15.8. The van der Waals surface area contributed by atoms with Crippen LogP contribution < -0.4 is 5.32 Å². The van der Waals surface area contributed by atoms with Gasteiger partial charge in [0.1, 0.15) is 6.10 Å². The molecule has 0 amide bonds. The van der Waals surface area contributed by atoms with Gasteiger partial charge < -0.3 is 10.1 Å². The highest BCUT2D eigenvalue weighted by Gasteiger charge is 2.62. The fourth-order valence-corrected chi connectivity index (χ4v) is 4.15. The third kappa shape index (κ3) is 2.74. The Morgan fingerprint density at radius 1 is 1.35 bits per heavy atom. The summed E-state index contributed by atoms with van der Waals surface area (Å²) in [5, 5.41) is 3.33. The molecule has 2 rings (SSSR count). The zero-order valence-electron chi connectivity index (χ0n) is 13.8. The molecule has 2 fully saturated rings. The van der Waals surface area contributed by atoms with E-state index in [2.05, 4.69) is 39.9 Å². The van der Waals surface area contributed by atoms with E-state index in [9.17, 15) is 4.79 Å². The largest absolute Gasteiger partial charge is 0.462 e. The molecular weight excluding hydrogens is 250 g/mol. The summed E-state index contributed by atoms with van der Waals surface area (Å²) >= 11 is 0. The van der Waals surface area contributed by atoms with Gasteiger partial charge in [-0.05, 0) is 43.6 Å². The lowest BCUT2D eigenvalue weighted by Crippen LogP contribution is -2.38. The Balaban J connectivity index is 1.79. The number of carbonyl (C=O) groups is 1. The molecule has 0 aromatic carbocycles. The number of esters is 1. The third-order valence-corrected chi connectivity index (χ3v) is 6.10. The van der Waals surface area contributed by atoms with Gasteiger partial charge in [-0.25, -0.2) is 0 Å². The number of carbonyl (C=O) groups excluding carboxylic acids is 1. The smallest absolute Gasteiger partial charge is 0.306 e. The Kier molecular flexibility index (Phi) is 4.48. The van der Waals surface area contributed by atoms with Crippen LogP contribution in [-0.2, 0) is 9.53 Å². The van der Waals surface area contributed by atoms with Crippen molar-refractivity contribution >= 4 is 5.97 Å². The molecule has 2 aliphatic carbocycles. The standard InChI is InChI=1S/C17H31NO2/c1-12(2)18-10-6-7-15(19)20-14-11-13-8-9-17(14,5)16(13,3)4/h12-14,18H,6-11H2,1-5H3. The monoisotopic (exact) mass is 281 g/mol. The first-order valence-corrected chi connectivity index (χ1v) is 8.20. The van der Waals surface area contributed by atoms with Crippen LogP contribution >= 0.6 is 0 Å². The first-order valence-electron chi connectivity index (χ1n) is 8.20. The van der Waals surface area contributed by atoms with Gasteiger partial charge in [0.25, 0.3) is 0 Å². The predicted octanol–water partition coefficient (Wildman–Crippen LogP) is 3.52. The van der Waals surface area contributed by atoms with E-state index in [1.54, 1.807) is 0 Å². The van der Waals surface area contributed by atoms with Crippen LogP contribution in [0.1, 0.15) is 66.7 Å². The quantitative estimate of drug-likeness (QED) is 0.598. The highest BCUT2D eigenvalue weighted by atomic mass is 16.5.